The summed E-state index contributed by atoms with van der Waals surface area (Å²) in [5, 5.41) is 10.4. The van der Waals surface area contributed by atoms with Gasteiger partial charge in [0.25, 0.3) is 0 Å². The number of aromatic hydroxyl groups is 1. The molecule has 168 valence electrons. The Morgan fingerprint density at radius 3 is 2.79 bits per heavy atom. The fourth-order valence-corrected chi connectivity index (χ4v) is 3.49. The van der Waals surface area contributed by atoms with Crippen molar-refractivity contribution in [2.24, 2.45) is 0 Å². The molecule has 0 aliphatic carbocycles. The Balaban J connectivity index is 1.55. The molecule has 1 N–H and O–H groups in total. The third-order valence-electron chi connectivity index (χ3n) is 5.14. The molecule has 33 heavy (non-hydrogen) atoms. The van der Waals surface area contributed by atoms with Crippen LogP contribution in [0.25, 0.3) is 6.08 Å². The molecule has 1 aromatic heterocycles. The Bertz CT molecular complexity index is 1250. The van der Waals surface area contributed by atoms with Gasteiger partial charge in [-0.2, -0.15) is 0 Å². The van der Waals surface area contributed by atoms with Gasteiger partial charge in [-0.3, -0.25) is 9.78 Å². The van der Waals surface area contributed by atoms with Crippen LogP contribution >= 0.6 is 0 Å². The van der Waals surface area contributed by atoms with E-state index in [2.05, 4.69) is 4.98 Å². The van der Waals surface area contributed by atoms with Gasteiger partial charge in [0.1, 0.15) is 40.5 Å². The number of hydrogen-bond acceptors (Lipinski definition) is 7. The molecule has 0 bridgehead atoms. The highest BCUT2D eigenvalue weighted by molar-refractivity contribution is 6.03. The van der Waals surface area contributed by atoms with E-state index in [9.17, 15) is 19.1 Å². The second-order valence-corrected chi connectivity index (χ2v) is 7.43. The lowest BCUT2D eigenvalue weighted by atomic mass is 9.95. The van der Waals surface area contributed by atoms with Gasteiger partial charge in [-0.15, -0.1) is 0 Å². The summed E-state index contributed by atoms with van der Waals surface area (Å²) in [6, 6.07) is 10.7. The SMILES string of the molecule is COc1cc([C@@H]2CC(=O)c3c(O)cc(OC(=O)/C=C/c4ccc(F)cn4)cc3O2)ccc1C. The smallest absolute Gasteiger partial charge is 0.336 e. The molecule has 8 heteroatoms. The zero-order valence-electron chi connectivity index (χ0n) is 17.9. The van der Waals surface area contributed by atoms with Gasteiger partial charge in [0.05, 0.1) is 25.4 Å². The van der Waals surface area contributed by atoms with E-state index >= 15 is 0 Å². The number of hydrogen-bond donors (Lipinski definition) is 1. The molecule has 2 aromatic carbocycles. The van der Waals surface area contributed by atoms with Crippen molar-refractivity contribution in [3.05, 3.63) is 82.9 Å². The van der Waals surface area contributed by atoms with Crippen molar-refractivity contribution in [1.29, 1.82) is 0 Å². The van der Waals surface area contributed by atoms with E-state index in [-0.39, 0.29) is 35.0 Å². The van der Waals surface area contributed by atoms with Crippen LogP contribution in [0.4, 0.5) is 4.39 Å². The predicted molar refractivity (Wildman–Crippen MR) is 117 cm³/mol. The van der Waals surface area contributed by atoms with Gasteiger partial charge >= 0.3 is 5.97 Å². The van der Waals surface area contributed by atoms with Gasteiger partial charge in [-0.25, -0.2) is 9.18 Å². The topological polar surface area (TPSA) is 95.0 Å². The Labute approximate surface area is 189 Å². The van der Waals surface area contributed by atoms with Gasteiger partial charge in [0, 0.05) is 18.2 Å². The number of phenolic OH excluding ortho intramolecular Hbond substituents is 1. The molecular formula is C25H20FNO6. The lowest BCUT2D eigenvalue weighted by Crippen LogP contribution is -2.21. The number of carbonyl (C=O) groups excluding carboxylic acids is 2. The number of esters is 1. The van der Waals surface area contributed by atoms with Crippen molar-refractivity contribution in [1.82, 2.24) is 4.98 Å². The largest absolute Gasteiger partial charge is 0.507 e. The summed E-state index contributed by atoms with van der Waals surface area (Å²) < 4.78 is 29.5. The number of benzene rings is 2. The summed E-state index contributed by atoms with van der Waals surface area (Å²) >= 11 is 0. The van der Waals surface area contributed by atoms with Gasteiger partial charge < -0.3 is 19.3 Å². The number of Topliss-reactive ketones (excluding diaryl/α,β-unsaturated/α-hetero) is 1. The maximum atomic E-state index is 12.9. The quantitative estimate of drug-likeness (QED) is 0.346. The fourth-order valence-electron chi connectivity index (χ4n) is 3.49. The first-order chi connectivity index (χ1) is 15.8. The van der Waals surface area contributed by atoms with E-state index in [4.69, 9.17) is 14.2 Å². The van der Waals surface area contributed by atoms with Gasteiger partial charge in [0.15, 0.2) is 5.78 Å². The number of nitrogens with zero attached hydrogens (tertiary/aromatic N) is 1. The summed E-state index contributed by atoms with van der Waals surface area (Å²) in [6.07, 6.45) is 2.96. The van der Waals surface area contributed by atoms with Crippen LogP contribution in [-0.2, 0) is 4.79 Å². The van der Waals surface area contributed by atoms with Gasteiger partial charge in [-0.05, 0) is 42.3 Å². The minimum atomic E-state index is -0.748. The van der Waals surface area contributed by atoms with Crippen LogP contribution in [-0.4, -0.2) is 29.0 Å². The van der Waals surface area contributed by atoms with E-state index < -0.39 is 17.9 Å². The van der Waals surface area contributed by atoms with Gasteiger partial charge in [0.2, 0.25) is 0 Å². The molecule has 0 saturated carbocycles. The average Bonchev–Trinajstić information content (AvgIpc) is 2.78. The van der Waals surface area contributed by atoms with Crippen LogP contribution in [0.2, 0.25) is 0 Å². The number of ether oxygens (including phenoxy) is 3. The van der Waals surface area contributed by atoms with Crippen molar-refractivity contribution in [2.75, 3.05) is 7.11 Å². The molecular weight excluding hydrogens is 429 g/mol. The molecule has 0 saturated heterocycles. The molecule has 0 radical (unpaired) electrons. The number of pyridine rings is 1. The van der Waals surface area contributed by atoms with Crippen LogP contribution < -0.4 is 14.2 Å². The molecule has 0 fully saturated rings. The van der Waals surface area contributed by atoms with Crippen molar-refractivity contribution in [3.63, 3.8) is 0 Å². The second kappa shape index (κ2) is 9.12. The third kappa shape index (κ3) is 4.85. The van der Waals surface area contributed by atoms with Crippen molar-refractivity contribution in [3.8, 4) is 23.0 Å². The standard InChI is InChI=1S/C25H20FNO6/c1-14-3-4-15(9-21(14)31-2)22-12-20(29)25-19(28)10-18(11-23(25)33-22)32-24(30)8-7-17-6-5-16(26)13-27-17/h3-11,13,22,28H,12H2,1-2H3/b8-7+/t22-/m0/s1. The van der Waals surface area contributed by atoms with Crippen molar-refractivity contribution >= 4 is 17.8 Å². The molecule has 1 aliphatic heterocycles. The number of aryl methyl sites for hydroxylation is 1. The number of phenols is 1. The monoisotopic (exact) mass is 449 g/mol. The Morgan fingerprint density at radius 1 is 1.24 bits per heavy atom. The molecule has 1 atom stereocenters. The van der Waals surface area contributed by atoms with Crippen LogP contribution in [0.3, 0.4) is 0 Å². The van der Waals surface area contributed by atoms with E-state index in [0.717, 1.165) is 23.4 Å². The molecule has 3 aromatic rings. The van der Waals surface area contributed by atoms with Crippen LogP contribution in [0, 0.1) is 12.7 Å². The molecule has 2 heterocycles. The number of methoxy groups -OCH3 is 1. The molecule has 0 spiro atoms. The summed E-state index contributed by atoms with van der Waals surface area (Å²) in [5.41, 5.74) is 2.09. The van der Waals surface area contributed by atoms with Crippen molar-refractivity contribution in [2.45, 2.75) is 19.4 Å². The first kappa shape index (κ1) is 22.0. The highest BCUT2D eigenvalue weighted by atomic mass is 19.1. The van der Waals surface area contributed by atoms with E-state index in [1.165, 1.54) is 30.3 Å². The highest BCUT2D eigenvalue weighted by Crippen LogP contribution is 2.42. The number of fused-ring (bicyclic) bond motifs is 1. The van der Waals surface area contributed by atoms with Crippen LogP contribution in [0.5, 0.6) is 23.0 Å². The molecule has 7 nitrogen and oxygen atoms in total. The van der Waals surface area contributed by atoms with Crippen LogP contribution in [0.15, 0.2) is 54.7 Å². The first-order valence-corrected chi connectivity index (χ1v) is 10.1. The first-order valence-electron chi connectivity index (χ1n) is 10.1. The normalized spacial score (nSPS) is 15.1. The molecule has 1 aliphatic rings. The van der Waals surface area contributed by atoms with E-state index in [1.54, 1.807) is 13.2 Å². The molecule has 0 amide bonds. The second-order valence-electron chi connectivity index (χ2n) is 7.43. The Morgan fingerprint density at radius 2 is 2.06 bits per heavy atom. The van der Waals surface area contributed by atoms with E-state index in [1.807, 2.05) is 19.1 Å². The minimum Gasteiger partial charge on any atom is -0.507 e. The average molecular weight is 449 g/mol. The zero-order valence-corrected chi connectivity index (χ0v) is 17.9. The van der Waals surface area contributed by atoms with Crippen molar-refractivity contribution < 1.29 is 33.3 Å². The maximum absolute atomic E-state index is 12.9. The number of ketones is 1. The summed E-state index contributed by atoms with van der Waals surface area (Å²) in [7, 11) is 1.56. The Kier molecular flexibility index (Phi) is 6.08. The van der Waals surface area contributed by atoms with Crippen LogP contribution in [0.1, 0.15) is 39.7 Å². The minimum absolute atomic E-state index is 0.00269. The summed E-state index contributed by atoms with van der Waals surface area (Å²) in [4.78, 5) is 28.7. The molecule has 0 unspecified atom stereocenters. The Hall–Kier alpha value is -4.20. The number of halogens is 1. The fraction of sp³-hybridized carbons (Fsp3) is 0.160. The van der Waals surface area contributed by atoms with E-state index in [0.29, 0.717) is 11.4 Å². The number of aromatic nitrogens is 1. The summed E-state index contributed by atoms with van der Waals surface area (Å²) in [6.45, 7) is 1.91. The predicted octanol–water partition coefficient (Wildman–Crippen LogP) is 4.57. The number of carbonyl (C=O) groups is 2. The lowest BCUT2D eigenvalue weighted by Gasteiger charge is -2.26. The lowest BCUT2D eigenvalue weighted by molar-refractivity contribution is -0.128. The summed E-state index contributed by atoms with van der Waals surface area (Å²) in [5.74, 6) is -1.09. The maximum Gasteiger partial charge on any atom is 0.336 e. The number of rotatable bonds is 5. The molecule has 4 rings (SSSR count). The van der Waals surface area contributed by atoms with Gasteiger partial charge in [-0.1, -0.05) is 12.1 Å². The zero-order chi connectivity index (χ0) is 23.5. The highest BCUT2D eigenvalue weighted by Gasteiger charge is 2.31. The third-order valence-corrected chi connectivity index (χ3v) is 5.14.